The number of ketones is 1. The van der Waals surface area contributed by atoms with E-state index in [4.69, 9.17) is 4.74 Å². The van der Waals surface area contributed by atoms with Gasteiger partial charge in [-0.15, -0.1) is 0 Å². The van der Waals surface area contributed by atoms with Crippen LogP contribution in [0.4, 0.5) is 0 Å². The fourth-order valence-electron chi connectivity index (χ4n) is 1.62. The molecule has 1 heterocycles. The Labute approximate surface area is 106 Å². The Morgan fingerprint density at radius 2 is 2.22 bits per heavy atom. The molecule has 0 aliphatic carbocycles. The molecule has 2 aromatic rings. The van der Waals surface area contributed by atoms with Crippen molar-refractivity contribution < 1.29 is 9.53 Å². The summed E-state index contributed by atoms with van der Waals surface area (Å²) in [7, 11) is 3.36. The van der Waals surface area contributed by atoms with Gasteiger partial charge < -0.3 is 4.74 Å². The lowest BCUT2D eigenvalue weighted by Crippen LogP contribution is -2.03. The van der Waals surface area contributed by atoms with E-state index in [0.29, 0.717) is 5.69 Å². The van der Waals surface area contributed by atoms with Crippen molar-refractivity contribution in [2.75, 3.05) is 7.11 Å². The summed E-state index contributed by atoms with van der Waals surface area (Å²) in [5, 5.41) is 3.96. The van der Waals surface area contributed by atoms with Gasteiger partial charge in [0, 0.05) is 13.2 Å². The Hall–Kier alpha value is -2.36. The lowest BCUT2D eigenvalue weighted by Gasteiger charge is -2.00. The summed E-state index contributed by atoms with van der Waals surface area (Å²) < 4.78 is 6.67. The van der Waals surface area contributed by atoms with Gasteiger partial charge in [-0.05, 0) is 29.8 Å². The van der Waals surface area contributed by atoms with Crippen LogP contribution in [0.15, 0.2) is 42.6 Å². The van der Waals surface area contributed by atoms with Gasteiger partial charge in [0.2, 0.25) is 5.78 Å². The molecule has 4 nitrogen and oxygen atoms in total. The summed E-state index contributed by atoms with van der Waals surface area (Å²) in [5.41, 5.74) is 1.49. The number of aromatic nitrogens is 2. The molecule has 4 heteroatoms. The van der Waals surface area contributed by atoms with Crippen LogP contribution in [0.5, 0.6) is 5.75 Å². The van der Waals surface area contributed by atoms with Crippen LogP contribution >= 0.6 is 0 Å². The summed E-state index contributed by atoms with van der Waals surface area (Å²) >= 11 is 0. The highest BCUT2D eigenvalue weighted by Gasteiger charge is 2.05. The largest absolute Gasteiger partial charge is 0.497 e. The van der Waals surface area contributed by atoms with E-state index in [0.717, 1.165) is 11.3 Å². The first kappa shape index (κ1) is 12.1. The molecule has 0 bridgehead atoms. The smallest absolute Gasteiger partial charge is 0.203 e. The number of hydrogen-bond acceptors (Lipinski definition) is 3. The Bertz CT molecular complexity index is 585. The van der Waals surface area contributed by atoms with Gasteiger partial charge in [0.1, 0.15) is 11.4 Å². The van der Waals surface area contributed by atoms with Crippen LogP contribution in [-0.2, 0) is 7.05 Å². The summed E-state index contributed by atoms with van der Waals surface area (Å²) in [5.74, 6) is 0.697. The zero-order chi connectivity index (χ0) is 13.0. The molecule has 0 saturated carbocycles. The third kappa shape index (κ3) is 2.66. The highest BCUT2D eigenvalue weighted by molar-refractivity contribution is 6.05. The third-order valence-electron chi connectivity index (χ3n) is 2.59. The Morgan fingerprint density at radius 1 is 1.39 bits per heavy atom. The number of carbonyl (C=O) groups is 1. The van der Waals surface area contributed by atoms with Gasteiger partial charge in [0.25, 0.3) is 0 Å². The molecule has 0 atom stereocenters. The fourth-order valence-corrected chi connectivity index (χ4v) is 1.62. The standard InChI is InChI=1S/C14H14N2O2/c1-16-13(8-9-15-16)14(17)7-6-11-4-3-5-12(10-11)18-2/h3-10H,1-2H3/b7-6+. The van der Waals surface area contributed by atoms with E-state index in [1.165, 1.54) is 6.08 Å². The van der Waals surface area contributed by atoms with Crippen molar-refractivity contribution in [1.82, 2.24) is 9.78 Å². The average Bonchev–Trinajstić information content (AvgIpc) is 2.82. The number of nitrogens with zero attached hydrogens (tertiary/aromatic N) is 2. The van der Waals surface area contributed by atoms with Crippen LogP contribution in [0.2, 0.25) is 0 Å². The first-order chi connectivity index (χ1) is 8.70. The molecule has 0 unspecified atom stereocenters. The van der Waals surface area contributed by atoms with Crippen molar-refractivity contribution in [1.29, 1.82) is 0 Å². The van der Waals surface area contributed by atoms with Crippen LogP contribution in [0.3, 0.4) is 0 Å². The predicted octanol–water partition coefficient (Wildman–Crippen LogP) is 2.32. The van der Waals surface area contributed by atoms with Crippen molar-refractivity contribution >= 4 is 11.9 Å². The van der Waals surface area contributed by atoms with Crippen molar-refractivity contribution in [2.45, 2.75) is 0 Å². The lowest BCUT2D eigenvalue weighted by molar-refractivity contribution is 0.103. The van der Waals surface area contributed by atoms with Crippen LogP contribution < -0.4 is 4.74 Å². The zero-order valence-corrected chi connectivity index (χ0v) is 10.3. The number of benzene rings is 1. The van der Waals surface area contributed by atoms with Gasteiger partial charge >= 0.3 is 0 Å². The molecule has 0 amide bonds. The number of methoxy groups -OCH3 is 1. The van der Waals surface area contributed by atoms with E-state index in [1.54, 1.807) is 37.2 Å². The minimum absolute atomic E-state index is 0.0715. The first-order valence-corrected chi connectivity index (χ1v) is 5.55. The van der Waals surface area contributed by atoms with E-state index < -0.39 is 0 Å². The predicted molar refractivity (Wildman–Crippen MR) is 69.6 cm³/mol. The van der Waals surface area contributed by atoms with Crippen molar-refractivity contribution in [3.63, 3.8) is 0 Å². The summed E-state index contributed by atoms with van der Waals surface area (Å²) in [4.78, 5) is 11.9. The molecule has 1 aromatic heterocycles. The van der Waals surface area contributed by atoms with Gasteiger partial charge in [-0.1, -0.05) is 18.2 Å². The molecule has 0 spiro atoms. The van der Waals surface area contributed by atoms with Crippen molar-refractivity contribution in [3.8, 4) is 5.75 Å². The van der Waals surface area contributed by atoms with Crippen LogP contribution in [0, 0.1) is 0 Å². The molecule has 2 rings (SSSR count). The molecule has 1 aromatic carbocycles. The number of hydrogen-bond donors (Lipinski definition) is 0. The van der Waals surface area contributed by atoms with Gasteiger partial charge in [0.15, 0.2) is 0 Å². The molecule has 0 aliphatic rings. The topological polar surface area (TPSA) is 44.1 Å². The van der Waals surface area contributed by atoms with E-state index in [1.807, 2.05) is 24.3 Å². The first-order valence-electron chi connectivity index (χ1n) is 5.55. The Kier molecular flexibility index (Phi) is 3.57. The van der Waals surface area contributed by atoms with Gasteiger partial charge in [-0.2, -0.15) is 5.10 Å². The second-order valence-electron chi connectivity index (χ2n) is 3.81. The van der Waals surface area contributed by atoms with E-state index >= 15 is 0 Å². The highest BCUT2D eigenvalue weighted by Crippen LogP contribution is 2.14. The molecule has 18 heavy (non-hydrogen) atoms. The zero-order valence-electron chi connectivity index (χ0n) is 10.3. The molecule has 0 N–H and O–H groups in total. The van der Waals surface area contributed by atoms with Gasteiger partial charge in [-0.25, -0.2) is 0 Å². The van der Waals surface area contributed by atoms with Gasteiger partial charge in [0.05, 0.1) is 7.11 Å². The Morgan fingerprint density at radius 3 is 2.89 bits per heavy atom. The maximum Gasteiger partial charge on any atom is 0.203 e. The molecule has 92 valence electrons. The van der Waals surface area contributed by atoms with Crippen LogP contribution in [0.1, 0.15) is 16.1 Å². The van der Waals surface area contributed by atoms with E-state index in [9.17, 15) is 4.79 Å². The molecule has 0 saturated heterocycles. The molecule has 0 radical (unpaired) electrons. The molecule has 0 aliphatic heterocycles. The highest BCUT2D eigenvalue weighted by atomic mass is 16.5. The number of aryl methyl sites for hydroxylation is 1. The monoisotopic (exact) mass is 242 g/mol. The van der Waals surface area contributed by atoms with Crippen LogP contribution in [-0.4, -0.2) is 22.7 Å². The fraction of sp³-hybridized carbons (Fsp3) is 0.143. The Balaban J connectivity index is 2.16. The normalized spacial score (nSPS) is 10.8. The van der Waals surface area contributed by atoms with Crippen molar-refractivity contribution in [2.24, 2.45) is 7.05 Å². The van der Waals surface area contributed by atoms with Crippen LogP contribution in [0.25, 0.3) is 6.08 Å². The minimum Gasteiger partial charge on any atom is -0.497 e. The number of ether oxygens (including phenoxy) is 1. The second kappa shape index (κ2) is 5.31. The maximum atomic E-state index is 11.9. The summed E-state index contributed by atoms with van der Waals surface area (Å²) in [6, 6.07) is 9.22. The SMILES string of the molecule is COc1cccc(/C=C/C(=O)c2ccnn2C)c1. The third-order valence-corrected chi connectivity index (χ3v) is 2.59. The average molecular weight is 242 g/mol. The molecular formula is C14H14N2O2. The number of rotatable bonds is 4. The number of allylic oxidation sites excluding steroid dienone is 1. The van der Waals surface area contributed by atoms with E-state index in [-0.39, 0.29) is 5.78 Å². The van der Waals surface area contributed by atoms with Crippen molar-refractivity contribution in [3.05, 3.63) is 53.9 Å². The maximum absolute atomic E-state index is 11.9. The molecule has 0 fully saturated rings. The van der Waals surface area contributed by atoms with Gasteiger partial charge in [-0.3, -0.25) is 9.48 Å². The summed E-state index contributed by atoms with van der Waals surface area (Å²) in [6.07, 6.45) is 4.90. The van der Waals surface area contributed by atoms with E-state index in [2.05, 4.69) is 5.10 Å². The quantitative estimate of drug-likeness (QED) is 0.610. The lowest BCUT2D eigenvalue weighted by atomic mass is 10.1. The number of carbonyl (C=O) groups excluding carboxylic acids is 1. The minimum atomic E-state index is -0.0715. The molecular weight excluding hydrogens is 228 g/mol. The second-order valence-corrected chi connectivity index (χ2v) is 3.81. The summed E-state index contributed by atoms with van der Waals surface area (Å²) in [6.45, 7) is 0.